The van der Waals surface area contributed by atoms with Gasteiger partial charge in [-0.15, -0.1) is 0 Å². The first kappa shape index (κ1) is 27.5. The summed E-state index contributed by atoms with van der Waals surface area (Å²) in [7, 11) is 0. The van der Waals surface area contributed by atoms with Crippen molar-refractivity contribution in [2.24, 2.45) is 11.7 Å². The molecule has 1 aromatic carbocycles. The highest BCUT2D eigenvalue weighted by atomic mass is 19.3. The molecule has 3 heterocycles. The number of pyridine rings is 1. The number of halogens is 2. The Labute approximate surface area is 229 Å². The van der Waals surface area contributed by atoms with Crippen molar-refractivity contribution in [3.05, 3.63) is 65.1 Å². The van der Waals surface area contributed by atoms with Gasteiger partial charge in [0, 0.05) is 36.1 Å². The van der Waals surface area contributed by atoms with E-state index >= 15 is 0 Å². The third-order valence-electron chi connectivity index (χ3n) is 7.54. The summed E-state index contributed by atoms with van der Waals surface area (Å²) in [6, 6.07) is 9.12. The van der Waals surface area contributed by atoms with Crippen molar-refractivity contribution >= 4 is 23.8 Å². The number of aliphatic hydroxyl groups is 1. The van der Waals surface area contributed by atoms with Crippen molar-refractivity contribution in [3.63, 3.8) is 0 Å². The van der Waals surface area contributed by atoms with Crippen molar-refractivity contribution in [2.45, 2.75) is 57.3 Å². The summed E-state index contributed by atoms with van der Waals surface area (Å²) < 4.78 is 29.0. The Bertz CT molecular complexity index is 1440. The molecule has 2 unspecified atom stereocenters. The Morgan fingerprint density at radius 1 is 1.15 bits per heavy atom. The van der Waals surface area contributed by atoms with Crippen LogP contribution < -0.4 is 11.1 Å². The maximum Gasteiger partial charge on any atom is 0.282 e. The molecule has 10 nitrogen and oxygen atoms in total. The number of aryl methyl sites for hydroxylation is 1. The topological polar surface area (TPSA) is 143 Å². The van der Waals surface area contributed by atoms with Gasteiger partial charge in [0.05, 0.1) is 28.9 Å². The minimum atomic E-state index is -2.71. The predicted octanol–water partition coefficient (Wildman–Crippen LogP) is 3.48. The van der Waals surface area contributed by atoms with E-state index in [2.05, 4.69) is 15.4 Å². The second-order valence-electron chi connectivity index (χ2n) is 10.3. The maximum absolute atomic E-state index is 13.7. The molecule has 0 radical (unpaired) electrons. The molecular formula is C28H30F2N6O4. The van der Waals surface area contributed by atoms with E-state index in [-0.39, 0.29) is 41.6 Å². The van der Waals surface area contributed by atoms with E-state index in [9.17, 15) is 28.3 Å². The number of imide groups is 1. The number of aromatic nitrogens is 3. The quantitative estimate of drug-likeness (QED) is 0.186. The van der Waals surface area contributed by atoms with Crippen LogP contribution in [-0.4, -0.2) is 61.7 Å². The van der Waals surface area contributed by atoms with Gasteiger partial charge < -0.3 is 21.0 Å². The second kappa shape index (κ2) is 11.2. The van der Waals surface area contributed by atoms with Crippen LogP contribution in [0.5, 0.6) is 0 Å². The zero-order valence-electron chi connectivity index (χ0n) is 21.8. The van der Waals surface area contributed by atoms with Crippen molar-refractivity contribution in [2.75, 3.05) is 11.9 Å². The number of anilines is 1. The zero-order chi connectivity index (χ0) is 28.6. The summed E-state index contributed by atoms with van der Waals surface area (Å²) in [6.07, 6.45) is -0.302. The fourth-order valence-electron chi connectivity index (χ4n) is 5.35. The summed E-state index contributed by atoms with van der Waals surface area (Å²) in [6.45, 7) is 2.39. The number of carbonyl (C=O) groups excluding carboxylic acids is 3. The molecule has 1 aliphatic heterocycles. The normalized spacial score (nSPS) is 19.9. The standard InChI is InChI=1S/C28H30F2N6O4/c1-15-4-2-5-22(33-15)21-14-35(34-24(21)25(29)30)18-10-16(11-18)13-32-17-7-8-19-20(12-17)28(40)36(27(19)39)23(26(31)38)6-3-9-37/h2,4-5,7-9,12,14,16,18,23,25-26,32,38H,3,6,10-11,13,31H2,1H3. The smallest absolute Gasteiger partial charge is 0.282 e. The molecule has 12 heteroatoms. The van der Waals surface area contributed by atoms with Crippen molar-refractivity contribution < 1.29 is 28.3 Å². The van der Waals surface area contributed by atoms with E-state index in [1.54, 1.807) is 41.2 Å². The third-order valence-corrected chi connectivity index (χ3v) is 7.54. The van der Waals surface area contributed by atoms with E-state index in [1.165, 1.54) is 0 Å². The van der Waals surface area contributed by atoms with E-state index < -0.39 is 30.5 Å². The minimum Gasteiger partial charge on any atom is -0.385 e. The fraction of sp³-hybridized carbons (Fsp3) is 0.393. The fourth-order valence-corrected chi connectivity index (χ4v) is 5.35. The molecule has 2 aromatic heterocycles. The lowest BCUT2D eigenvalue weighted by Crippen LogP contribution is -2.50. The minimum absolute atomic E-state index is 0.0124. The molecule has 2 amide bonds. The number of amides is 2. The van der Waals surface area contributed by atoms with Gasteiger partial charge in [-0.3, -0.25) is 24.2 Å². The first-order chi connectivity index (χ1) is 19.2. The molecule has 2 aliphatic rings. The number of hydrogen-bond donors (Lipinski definition) is 3. The average Bonchev–Trinajstić information content (AvgIpc) is 3.44. The van der Waals surface area contributed by atoms with Gasteiger partial charge >= 0.3 is 0 Å². The largest absolute Gasteiger partial charge is 0.385 e. The highest BCUT2D eigenvalue weighted by Crippen LogP contribution is 2.40. The molecule has 1 fully saturated rings. The van der Waals surface area contributed by atoms with Gasteiger partial charge in [0.1, 0.15) is 18.2 Å². The lowest BCUT2D eigenvalue weighted by atomic mass is 9.80. The third kappa shape index (κ3) is 5.24. The highest BCUT2D eigenvalue weighted by Gasteiger charge is 2.42. The lowest BCUT2D eigenvalue weighted by molar-refractivity contribution is -0.108. The number of nitrogens with one attached hydrogen (secondary N) is 1. The van der Waals surface area contributed by atoms with Gasteiger partial charge in [-0.2, -0.15) is 5.10 Å². The number of alkyl halides is 2. The molecular weight excluding hydrogens is 522 g/mol. The maximum atomic E-state index is 13.7. The number of rotatable bonds is 11. The van der Waals surface area contributed by atoms with E-state index in [4.69, 9.17) is 5.73 Å². The molecule has 210 valence electrons. The number of hydrogen-bond acceptors (Lipinski definition) is 8. The molecule has 1 aliphatic carbocycles. The van der Waals surface area contributed by atoms with Gasteiger partial charge in [-0.05, 0) is 62.4 Å². The molecule has 0 bridgehead atoms. The Morgan fingerprint density at radius 3 is 2.58 bits per heavy atom. The number of benzene rings is 1. The molecule has 0 spiro atoms. The van der Waals surface area contributed by atoms with E-state index in [1.807, 2.05) is 13.0 Å². The van der Waals surface area contributed by atoms with Crippen LogP contribution in [0.15, 0.2) is 42.6 Å². The number of aliphatic hydroxyl groups excluding tert-OH is 1. The van der Waals surface area contributed by atoms with Crippen LogP contribution >= 0.6 is 0 Å². The highest BCUT2D eigenvalue weighted by molar-refractivity contribution is 6.22. The van der Waals surface area contributed by atoms with Crippen molar-refractivity contribution in [1.82, 2.24) is 19.7 Å². The second-order valence-corrected chi connectivity index (χ2v) is 10.3. The van der Waals surface area contributed by atoms with Gasteiger partial charge in [0.25, 0.3) is 18.2 Å². The molecule has 2 atom stereocenters. The Balaban J connectivity index is 1.21. The van der Waals surface area contributed by atoms with Gasteiger partial charge in [0.15, 0.2) is 0 Å². The van der Waals surface area contributed by atoms with Crippen LogP contribution in [0.4, 0.5) is 14.5 Å². The zero-order valence-corrected chi connectivity index (χ0v) is 21.8. The van der Waals surface area contributed by atoms with E-state index in [0.29, 0.717) is 29.8 Å². The van der Waals surface area contributed by atoms with Crippen LogP contribution in [0.2, 0.25) is 0 Å². The predicted molar refractivity (Wildman–Crippen MR) is 142 cm³/mol. The first-order valence-electron chi connectivity index (χ1n) is 13.1. The lowest BCUT2D eigenvalue weighted by Gasteiger charge is -2.35. The summed E-state index contributed by atoms with van der Waals surface area (Å²) in [5.41, 5.74) is 7.92. The van der Waals surface area contributed by atoms with Gasteiger partial charge in [-0.1, -0.05) is 6.07 Å². The Hall–Kier alpha value is -4.03. The Kier molecular flexibility index (Phi) is 7.72. The molecule has 1 saturated carbocycles. The summed E-state index contributed by atoms with van der Waals surface area (Å²) in [4.78, 5) is 42.0. The van der Waals surface area contributed by atoms with E-state index in [0.717, 1.165) is 23.4 Å². The van der Waals surface area contributed by atoms with Crippen LogP contribution in [0.3, 0.4) is 0 Å². The number of nitrogens with zero attached hydrogens (tertiary/aromatic N) is 4. The number of fused-ring (bicyclic) bond motifs is 1. The summed E-state index contributed by atoms with van der Waals surface area (Å²) >= 11 is 0. The number of nitrogens with two attached hydrogens (primary N) is 1. The number of aldehydes is 1. The van der Waals surface area contributed by atoms with Crippen molar-refractivity contribution in [3.8, 4) is 11.3 Å². The van der Waals surface area contributed by atoms with Crippen molar-refractivity contribution in [1.29, 1.82) is 0 Å². The summed E-state index contributed by atoms with van der Waals surface area (Å²) in [5.74, 6) is -0.872. The molecule has 3 aromatic rings. The molecule has 4 N–H and O–H groups in total. The Morgan fingerprint density at radius 2 is 1.90 bits per heavy atom. The van der Waals surface area contributed by atoms with Gasteiger partial charge in [0.2, 0.25) is 0 Å². The van der Waals surface area contributed by atoms with Crippen LogP contribution in [0.1, 0.15) is 70.3 Å². The molecule has 0 saturated heterocycles. The average molecular weight is 553 g/mol. The monoisotopic (exact) mass is 552 g/mol. The van der Waals surface area contributed by atoms with Crippen LogP contribution in [0, 0.1) is 12.8 Å². The van der Waals surface area contributed by atoms with Crippen LogP contribution in [0.25, 0.3) is 11.3 Å². The SMILES string of the molecule is Cc1cccc(-c2cn(C3CC(CNc4ccc5c(c4)C(=O)N(C(CCC=O)C(N)O)C5=O)C3)nc2C(F)F)n1. The molecule has 5 rings (SSSR count). The number of carbonyl (C=O) groups is 3. The summed E-state index contributed by atoms with van der Waals surface area (Å²) in [5, 5.41) is 17.4. The van der Waals surface area contributed by atoms with Crippen LogP contribution in [-0.2, 0) is 4.79 Å². The van der Waals surface area contributed by atoms with Gasteiger partial charge in [-0.25, -0.2) is 8.78 Å². The molecule has 40 heavy (non-hydrogen) atoms. The first-order valence-corrected chi connectivity index (χ1v) is 13.1.